The summed E-state index contributed by atoms with van der Waals surface area (Å²) >= 11 is 0. The maximum Gasteiger partial charge on any atom is 0.354 e. The number of aromatic carboxylic acids is 1. The second kappa shape index (κ2) is 6.36. The molecule has 1 fully saturated rings. The SMILES string of the molecule is CCOC(=O)C1CCCN(c2cccc(C(=O)O)n2)C1. The van der Waals surface area contributed by atoms with E-state index in [0.717, 1.165) is 19.4 Å². The van der Waals surface area contributed by atoms with E-state index >= 15 is 0 Å². The van der Waals surface area contributed by atoms with E-state index < -0.39 is 5.97 Å². The number of anilines is 1. The normalized spacial score (nSPS) is 18.6. The van der Waals surface area contributed by atoms with Gasteiger partial charge in [0.2, 0.25) is 0 Å². The Morgan fingerprint density at radius 1 is 1.50 bits per heavy atom. The van der Waals surface area contributed by atoms with E-state index in [0.29, 0.717) is 19.0 Å². The van der Waals surface area contributed by atoms with Gasteiger partial charge >= 0.3 is 11.9 Å². The molecule has 0 saturated carbocycles. The largest absolute Gasteiger partial charge is 0.477 e. The lowest BCUT2D eigenvalue weighted by Gasteiger charge is -2.32. The summed E-state index contributed by atoms with van der Waals surface area (Å²) in [5, 5.41) is 8.96. The van der Waals surface area contributed by atoms with Gasteiger partial charge in [-0.3, -0.25) is 4.79 Å². The van der Waals surface area contributed by atoms with Gasteiger partial charge in [0.05, 0.1) is 12.5 Å². The average molecular weight is 278 g/mol. The summed E-state index contributed by atoms with van der Waals surface area (Å²) in [5.41, 5.74) is 0.0146. The van der Waals surface area contributed by atoms with Crippen LogP contribution in [0.4, 0.5) is 5.82 Å². The number of rotatable bonds is 4. The van der Waals surface area contributed by atoms with Gasteiger partial charge in [-0.1, -0.05) is 6.07 Å². The Balaban J connectivity index is 2.10. The minimum absolute atomic E-state index is 0.0146. The minimum atomic E-state index is -1.05. The van der Waals surface area contributed by atoms with Crippen LogP contribution in [-0.2, 0) is 9.53 Å². The van der Waals surface area contributed by atoms with E-state index in [2.05, 4.69) is 4.98 Å². The quantitative estimate of drug-likeness (QED) is 0.842. The summed E-state index contributed by atoms with van der Waals surface area (Å²) < 4.78 is 5.05. The molecule has 2 heterocycles. The van der Waals surface area contributed by atoms with Crippen LogP contribution in [0.25, 0.3) is 0 Å². The second-order valence-corrected chi connectivity index (χ2v) is 4.72. The van der Waals surface area contributed by atoms with Crippen LogP contribution in [-0.4, -0.2) is 41.7 Å². The monoisotopic (exact) mass is 278 g/mol. The smallest absolute Gasteiger partial charge is 0.354 e. The molecule has 1 aliphatic rings. The number of ether oxygens (including phenoxy) is 1. The van der Waals surface area contributed by atoms with Gasteiger partial charge in [0, 0.05) is 13.1 Å². The molecule has 0 amide bonds. The molecule has 6 nitrogen and oxygen atoms in total. The zero-order valence-corrected chi connectivity index (χ0v) is 11.4. The third-order valence-electron chi connectivity index (χ3n) is 3.32. The number of carbonyl (C=O) groups is 2. The van der Waals surface area contributed by atoms with Gasteiger partial charge < -0.3 is 14.7 Å². The minimum Gasteiger partial charge on any atom is -0.477 e. The Bertz CT molecular complexity index is 504. The van der Waals surface area contributed by atoms with Crippen molar-refractivity contribution in [3.8, 4) is 0 Å². The first-order valence-corrected chi connectivity index (χ1v) is 6.73. The lowest BCUT2D eigenvalue weighted by atomic mass is 9.98. The van der Waals surface area contributed by atoms with Crippen LogP contribution in [0.1, 0.15) is 30.3 Å². The third-order valence-corrected chi connectivity index (χ3v) is 3.32. The van der Waals surface area contributed by atoms with Gasteiger partial charge in [0.1, 0.15) is 5.82 Å². The van der Waals surface area contributed by atoms with E-state index in [-0.39, 0.29) is 17.6 Å². The molecule has 1 aromatic heterocycles. The summed E-state index contributed by atoms with van der Waals surface area (Å²) in [6, 6.07) is 4.89. The van der Waals surface area contributed by atoms with Gasteiger partial charge in [-0.25, -0.2) is 9.78 Å². The predicted octanol–water partition coefficient (Wildman–Crippen LogP) is 1.56. The fourth-order valence-electron chi connectivity index (χ4n) is 2.36. The number of esters is 1. The molecule has 0 aromatic carbocycles. The van der Waals surface area contributed by atoms with Crippen LogP contribution in [0.2, 0.25) is 0 Å². The van der Waals surface area contributed by atoms with E-state index in [1.54, 1.807) is 19.1 Å². The standard InChI is InChI=1S/C14H18N2O4/c1-2-20-14(19)10-5-4-8-16(9-10)12-7-3-6-11(15-12)13(17)18/h3,6-7,10H,2,4-5,8-9H2,1H3,(H,17,18). The molecule has 0 radical (unpaired) electrons. The van der Waals surface area contributed by atoms with E-state index in [4.69, 9.17) is 9.84 Å². The fourth-order valence-corrected chi connectivity index (χ4v) is 2.36. The maximum atomic E-state index is 11.8. The summed E-state index contributed by atoms with van der Waals surface area (Å²) in [6.07, 6.45) is 1.66. The molecule has 1 aliphatic heterocycles. The molecule has 1 saturated heterocycles. The lowest BCUT2D eigenvalue weighted by molar-refractivity contribution is -0.148. The molecule has 1 N–H and O–H groups in total. The summed E-state index contributed by atoms with van der Waals surface area (Å²) in [6.45, 7) is 3.46. The molecule has 20 heavy (non-hydrogen) atoms. The fraction of sp³-hybridized carbons (Fsp3) is 0.500. The van der Waals surface area contributed by atoms with Crippen molar-refractivity contribution < 1.29 is 19.4 Å². The summed E-state index contributed by atoms with van der Waals surface area (Å²) in [4.78, 5) is 28.8. The molecule has 2 rings (SSSR count). The van der Waals surface area contributed by atoms with Gasteiger partial charge in [-0.2, -0.15) is 0 Å². The second-order valence-electron chi connectivity index (χ2n) is 4.72. The van der Waals surface area contributed by atoms with Crippen molar-refractivity contribution in [3.05, 3.63) is 23.9 Å². The molecule has 6 heteroatoms. The van der Waals surface area contributed by atoms with Crippen LogP contribution in [0.3, 0.4) is 0 Å². The Morgan fingerprint density at radius 3 is 3.00 bits per heavy atom. The first-order chi connectivity index (χ1) is 9.61. The van der Waals surface area contributed by atoms with Crippen molar-refractivity contribution in [1.29, 1.82) is 0 Å². The molecule has 0 bridgehead atoms. The molecule has 1 aromatic rings. The average Bonchev–Trinajstić information content (AvgIpc) is 2.48. The molecule has 0 aliphatic carbocycles. The zero-order chi connectivity index (χ0) is 14.5. The Kier molecular flexibility index (Phi) is 4.55. The molecular weight excluding hydrogens is 260 g/mol. The highest BCUT2D eigenvalue weighted by molar-refractivity contribution is 5.85. The maximum absolute atomic E-state index is 11.8. The lowest BCUT2D eigenvalue weighted by Crippen LogP contribution is -2.40. The van der Waals surface area contributed by atoms with Crippen molar-refractivity contribution in [3.63, 3.8) is 0 Å². The van der Waals surface area contributed by atoms with Gasteiger partial charge in [0.25, 0.3) is 0 Å². The first kappa shape index (κ1) is 14.3. The Labute approximate surface area is 117 Å². The molecule has 108 valence electrons. The van der Waals surface area contributed by atoms with Crippen molar-refractivity contribution in [2.24, 2.45) is 5.92 Å². The number of aromatic nitrogens is 1. The predicted molar refractivity (Wildman–Crippen MR) is 72.8 cm³/mol. The van der Waals surface area contributed by atoms with Crippen molar-refractivity contribution >= 4 is 17.8 Å². The Hall–Kier alpha value is -2.11. The number of hydrogen-bond acceptors (Lipinski definition) is 5. The van der Waals surface area contributed by atoms with Crippen molar-refractivity contribution in [1.82, 2.24) is 4.98 Å². The van der Waals surface area contributed by atoms with Crippen LogP contribution >= 0.6 is 0 Å². The van der Waals surface area contributed by atoms with Crippen molar-refractivity contribution in [2.45, 2.75) is 19.8 Å². The first-order valence-electron chi connectivity index (χ1n) is 6.73. The highest BCUT2D eigenvalue weighted by atomic mass is 16.5. The number of hydrogen-bond donors (Lipinski definition) is 1. The number of carbonyl (C=O) groups excluding carboxylic acids is 1. The molecule has 1 atom stereocenters. The Morgan fingerprint density at radius 2 is 2.30 bits per heavy atom. The zero-order valence-electron chi connectivity index (χ0n) is 11.4. The van der Waals surface area contributed by atoms with Crippen LogP contribution in [0.15, 0.2) is 18.2 Å². The van der Waals surface area contributed by atoms with E-state index in [1.165, 1.54) is 6.07 Å². The van der Waals surface area contributed by atoms with E-state index in [9.17, 15) is 9.59 Å². The van der Waals surface area contributed by atoms with Crippen LogP contribution < -0.4 is 4.90 Å². The molecule has 0 spiro atoms. The van der Waals surface area contributed by atoms with Crippen LogP contribution in [0, 0.1) is 5.92 Å². The highest BCUT2D eigenvalue weighted by Crippen LogP contribution is 2.22. The number of carboxylic acids is 1. The highest BCUT2D eigenvalue weighted by Gasteiger charge is 2.27. The number of piperidine rings is 1. The van der Waals surface area contributed by atoms with Gasteiger partial charge in [0.15, 0.2) is 5.69 Å². The summed E-state index contributed by atoms with van der Waals surface area (Å²) in [5.74, 6) is -0.810. The number of nitrogens with zero attached hydrogens (tertiary/aromatic N) is 2. The van der Waals surface area contributed by atoms with E-state index in [1.807, 2.05) is 4.90 Å². The topological polar surface area (TPSA) is 79.7 Å². The van der Waals surface area contributed by atoms with Crippen LogP contribution in [0.5, 0.6) is 0 Å². The molecule has 1 unspecified atom stereocenters. The molecular formula is C14H18N2O4. The summed E-state index contributed by atoms with van der Waals surface area (Å²) in [7, 11) is 0. The van der Waals surface area contributed by atoms with Crippen molar-refractivity contribution in [2.75, 3.05) is 24.6 Å². The van der Waals surface area contributed by atoms with Gasteiger partial charge in [-0.05, 0) is 31.9 Å². The van der Waals surface area contributed by atoms with Gasteiger partial charge in [-0.15, -0.1) is 0 Å². The third kappa shape index (κ3) is 3.26. The number of pyridine rings is 1. The number of carboxylic acid groups (broad SMARTS) is 1.